The van der Waals surface area contributed by atoms with E-state index in [9.17, 15) is 4.79 Å². The first-order chi connectivity index (χ1) is 9.63. The molecule has 0 amide bonds. The number of rotatable bonds is 4. The van der Waals surface area contributed by atoms with Gasteiger partial charge in [-0.25, -0.2) is 4.79 Å². The molecule has 0 spiro atoms. The summed E-state index contributed by atoms with van der Waals surface area (Å²) < 4.78 is 10.2. The first-order valence-electron chi connectivity index (χ1n) is 6.26. The molecule has 0 bridgehead atoms. The third kappa shape index (κ3) is 2.36. The Bertz CT molecular complexity index is 634. The standard InChI is InChI=1S/C15H17NO3S/c1-4-11-12(9-7-5-6-8-10(9)18-2)13(14(16)20-11)15(17)19-3/h5-8H,4,16H2,1-3H3. The number of esters is 1. The van der Waals surface area contributed by atoms with Gasteiger partial charge in [0.15, 0.2) is 0 Å². The fourth-order valence-electron chi connectivity index (χ4n) is 2.19. The highest BCUT2D eigenvalue weighted by Gasteiger charge is 2.25. The van der Waals surface area contributed by atoms with Crippen molar-refractivity contribution in [2.45, 2.75) is 13.3 Å². The maximum absolute atomic E-state index is 12.0. The summed E-state index contributed by atoms with van der Waals surface area (Å²) in [7, 11) is 2.97. The van der Waals surface area contributed by atoms with Gasteiger partial charge in [0.05, 0.1) is 14.2 Å². The molecule has 1 heterocycles. The van der Waals surface area contributed by atoms with Gasteiger partial charge in [-0.1, -0.05) is 25.1 Å². The molecule has 0 unspecified atom stereocenters. The van der Waals surface area contributed by atoms with Crippen molar-refractivity contribution in [2.75, 3.05) is 20.0 Å². The summed E-state index contributed by atoms with van der Waals surface area (Å²) in [5.74, 6) is 0.296. The van der Waals surface area contributed by atoms with Crippen LogP contribution in [-0.2, 0) is 11.2 Å². The zero-order valence-corrected chi connectivity index (χ0v) is 12.5. The van der Waals surface area contributed by atoms with Crippen molar-refractivity contribution in [1.29, 1.82) is 0 Å². The molecule has 0 radical (unpaired) electrons. The van der Waals surface area contributed by atoms with E-state index in [4.69, 9.17) is 15.2 Å². The molecule has 1 aromatic carbocycles. The van der Waals surface area contributed by atoms with E-state index in [1.54, 1.807) is 7.11 Å². The Labute approximate surface area is 122 Å². The van der Waals surface area contributed by atoms with Gasteiger partial charge in [-0.05, 0) is 12.5 Å². The van der Waals surface area contributed by atoms with Gasteiger partial charge in [0, 0.05) is 16.0 Å². The maximum Gasteiger partial charge on any atom is 0.341 e. The highest BCUT2D eigenvalue weighted by atomic mass is 32.1. The van der Waals surface area contributed by atoms with Crippen molar-refractivity contribution in [3.8, 4) is 16.9 Å². The number of carbonyl (C=O) groups is 1. The predicted octanol–water partition coefficient (Wildman–Crippen LogP) is 3.35. The van der Waals surface area contributed by atoms with Crippen molar-refractivity contribution >= 4 is 22.3 Å². The monoisotopic (exact) mass is 291 g/mol. The third-order valence-corrected chi connectivity index (χ3v) is 4.26. The van der Waals surface area contributed by atoms with Gasteiger partial charge < -0.3 is 15.2 Å². The fraction of sp³-hybridized carbons (Fsp3) is 0.267. The lowest BCUT2D eigenvalue weighted by Gasteiger charge is -2.10. The molecule has 2 N–H and O–H groups in total. The average molecular weight is 291 g/mol. The normalized spacial score (nSPS) is 10.3. The third-order valence-electron chi connectivity index (χ3n) is 3.10. The lowest BCUT2D eigenvalue weighted by Crippen LogP contribution is -2.05. The Balaban J connectivity index is 2.74. The zero-order valence-electron chi connectivity index (χ0n) is 11.7. The van der Waals surface area contributed by atoms with E-state index in [1.165, 1.54) is 18.4 Å². The molecule has 5 heteroatoms. The number of ether oxygens (including phenoxy) is 2. The number of hydrogen-bond donors (Lipinski definition) is 1. The summed E-state index contributed by atoms with van der Waals surface area (Å²) in [6, 6.07) is 7.59. The van der Waals surface area contributed by atoms with Crippen LogP contribution in [0, 0.1) is 0 Å². The van der Waals surface area contributed by atoms with Crippen molar-refractivity contribution in [3.05, 3.63) is 34.7 Å². The van der Waals surface area contributed by atoms with Gasteiger partial charge in [0.25, 0.3) is 0 Å². The van der Waals surface area contributed by atoms with Crippen LogP contribution in [0.4, 0.5) is 5.00 Å². The van der Waals surface area contributed by atoms with Crippen LogP contribution in [0.1, 0.15) is 22.2 Å². The molecule has 0 fully saturated rings. The molecule has 2 rings (SSSR count). The number of nitrogen functional groups attached to an aromatic ring is 1. The molecule has 4 nitrogen and oxygen atoms in total. The van der Waals surface area contributed by atoms with Gasteiger partial charge in [-0.3, -0.25) is 0 Å². The minimum atomic E-state index is -0.417. The lowest BCUT2D eigenvalue weighted by atomic mass is 9.99. The molecule has 0 saturated carbocycles. The average Bonchev–Trinajstić information content (AvgIpc) is 2.82. The van der Waals surface area contributed by atoms with Crippen LogP contribution in [0.5, 0.6) is 5.75 Å². The predicted molar refractivity (Wildman–Crippen MR) is 81.4 cm³/mol. The van der Waals surface area contributed by atoms with E-state index in [0.29, 0.717) is 16.3 Å². The second kappa shape index (κ2) is 5.96. The topological polar surface area (TPSA) is 61.6 Å². The summed E-state index contributed by atoms with van der Waals surface area (Å²) in [5, 5.41) is 0.481. The molecule has 0 aliphatic carbocycles. The molecule has 20 heavy (non-hydrogen) atoms. The molecule has 0 saturated heterocycles. The Kier molecular flexibility index (Phi) is 4.29. The summed E-state index contributed by atoms with van der Waals surface area (Å²) in [6.07, 6.45) is 0.791. The Morgan fingerprint density at radius 3 is 2.60 bits per heavy atom. The second-order valence-corrected chi connectivity index (χ2v) is 5.32. The number of hydrogen-bond acceptors (Lipinski definition) is 5. The van der Waals surface area contributed by atoms with E-state index in [1.807, 2.05) is 31.2 Å². The number of thiophene rings is 1. The highest BCUT2D eigenvalue weighted by Crippen LogP contribution is 2.42. The van der Waals surface area contributed by atoms with Gasteiger partial charge in [-0.15, -0.1) is 11.3 Å². The molecule has 0 aliphatic rings. The Morgan fingerprint density at radius 2 is 2.00 bits per heavy atom. The molecular weight excluding hydrogens is 274 g/mol. The summed E-state index contributed by atoms with van der Waals surface area (Å²) in [5.41, 5.74) is 8.11. The van der Waals surface area contributed by atoms with Crippen molar-refractivity contribution in [2.24, 2.45) is 0 Å². The lowest BCUT2D eigenvalue weighted by molar-refractivity contribution is 0.0603. The molecule has 0 aliphatic heterocycles. The number of carbonyl (C=O) groups excluding carboxylic acids is 1. The van der Waals surface area contributed by atoms with E-state index < -0.39 is 5.97 Å². The van der Waals surface area contributed by atoms with E-state index in [0.717, 1.165) is 22.4 Å². The first-order valence-corrected chi connectivity index (χ1v) is 7.08. The van der Waals surface area contributed by atoms with Crippen molar-refractivity contribution in [1.82, 2.24) is 0 Å². The van der Waals surface area contributed by atoms with Crippen LogP contribution < -0.4 is 10.5 Å². The SMILES string of the molecule is CCc1sc(N)c(C(=O)OC)c1-c1ccccc1OC. The van der Waals surface area contributed by atoms with Crippen LogP contribution in [0.2, 0.25) is 0 Å². The number of para-hydroxylation sites is 1. The van der Waals surface area contributed by atoms with Crippen molar-refractivity contribution < 1.29 is 14.3 Å². The molecule has 0 atom stereocenters. The van der Waals surface area contributed by atoms with Crippen LogP contribution in [-0.4, -0.2) is 20.2 Å². The van der Waals surface area contributed by atoms with Gasteiger partial charge >= 0.3 is 5.97 Å². The highest BCUT2D eigenvalue weighted by molar-refractivity contribution is 7.17. The smallest absolute Gasteiger partial charge is 0.341 e. The minimum Gasteiger partial charge on any atom is -0.496 e. The summed E-state index contributed by atoms with van der Waals surface area (Å²) in [4.78, 5) is 13.1. The number of benzene rings is 1. The molecular formula is C15H17NO3S. The van der Waals surface area contributed by atoms with E-state index in [-0.39, 0.29) is 0 Å². The van der Waals surface area contributed by atoms with Crippen molar-refractivity contribution in [3.63, 3.8) is 0 Å². The largest absolute Gasteiger partial charge is 0.496 e. The van der Waals surface area contributed by atoms with E-state index >= 15 is 0 Å². The second-order valence-electron chi connectivity index (χ2n) is 4.18. The fourth-order valence-corrected chi connectivity index (χ4v) is 3.20. The quantitative estimate of drug-likeness (QED) is 0.877. The summed E-state index contributed by atoms with van der Waals surface area (Å²) >= 11 is 1.42. The molecule has 106 valence electrons. The van der Waals surface area contributed by atoms with Gasteiger partial charge in [0.2, 0.25) is 0 Å². The van der Waals surface area contributed by atoms with Crippen LogP contribution >= 0.6 is 11.3 Å². The van der Waals surface area contributed by atoms with Crippen LogP contribution in [0.25, 0.3) is 11.1 Å². The minimum absolute atomic E-state index is 0.417. The number of methoxy groups -OCH3 is 2. The number of anilines is 1. The molecule has 2 aromatic rings. The number of aryl methyl sites for hydroxylation is 1. The van der Waals surface area contributed by atoms with Crippen LogP contribution in [0.15, 0.2) is 24.3 Å². The number of nitrogens with two attached hydrogens (primary N) is 1. The van der Waals surface area contributed by atoms with Gasteiger partial charge in [0.1, 0.15) is 16.3 Å². The van der Waals surface area contributed by atoms with E-state index in [2.05, 4.69) is 0 Å². The zero-order chi connectivity index (χ0) is 14.7. The van der Waals surface area contributed by atoms with Gasteiger partial charge in [-0.2, -0.15) is 0 Å². The molecule has 1 aromatic heterocycles. The van der Waals surface area contributed by atoms with Crippen LogP contribution in [0.3, 0.4) is 0 Å². The maximum atomic E-state index is 12.0. The first kappa shape index (κ1) is 14.4. The summed E-state index contributed by atoms with van der Waals surface area (Å²) in [6.45, 7) is 2.03. The Hall–Kier alpha value is -2.01. The Morgan fingerprint density at radius 1 is 1.30 bits per heavy atom.